The third kappa shape index (κ3) is 8.66. The van der Waals surface area contributed by atoms with Crippen molar-refractivity contribution in [2.75, 3.05) is 6.54 Å². The predicted octanol–water partition coefficient (Wildman–Crippen LogP) is 2.56. The Balaban J connectivity index is 2.75. The first-order valence-electron chi connectivity index (χ1n) is 3.42. The van der Waals surface area contributed by atoms with Gasteiger partial charge in [0.15, 0.2) is 0 Å². The van der Waals surface area contributed by atoms with Crippen LogP contribution in [0.25, 0.3) is 0 Å². The molecule has 1 nitrogen and oxygen atoms in total. The lowest BCUT2D eigenvalue weighted by Crippen LogP contribution is -1.99. The molecule has 0 radical (unpaired) electrons. The highest BCUT2D eigenvalue weighted by atomic mass is 32.2. The topological polar surface area (TPSA) is 3.24 Å². The van der Waals surface area contributed by atoms with E-state index in [1.165, 1.54) is 25.7 Å². The summed E-state index contributed by atoms with van der Waals surface area (Å²) in [4.78, 5) is 0. The van der Waals surface area contributed by atoms with Gasteiger partial charge in [-0.3, -0.25) is 0 Å². The minimum Gasteiger partial charge on any atom is -0.200 e. The Hall–Kier alpha value is 0.660. The fourth-order valence-corrected chi connectivity index (χ4v) is 0.963. The van der Waals surface area contributed by atoms with Gasteiger partial charge in [-0.05, 0) is 6.42 Å². The summed E-state index contributed by atoms with van der Waals surface area (Å²) in [7, 11) is 0. The van der Waals surface area contributed by atoms with Crippen LogP contribution in [0, 0.1) is 0 Å². The maximum atomic E-state index is 4.00. The molecule has 0 heterocycles. The number of nitrogens with zero attached hydrogens (tertiary/aromatic N) is 1. The van der Waals surface area contributed by atoms with Crippen LogP contribution in [0.4, 0.5) is 0 Å². The standard InChI is InChI=1S/C6H15NS2/c1-2-3-4-5-6-7(8)9/h8-9H,2-6H2,1H3. The predicted molar refractivity (Wildman–Crippen MR) is 48.8 cm³/mol. The maximum absolute atomic E-state index is 4.00. The van der Waals surface area contributed by atoms with Gasteiger partial charge in [-0.15, -0.1) is 0 Å². The second kappa shape index (κ2) is 6.78. The van der Waals surface area contributed by atoms with Gasteiger partial charge in [0, 0.05) is 6.54 Å². The zero-order valence-corrected chi connectivity index (χ0v) is 7.67. The first-order chi connectivity index (χ1) is 4.27. The molecule has 0 rings (SSSR count). The summed E-state index contributed by atoms with van der Waals surface area (Å²) >= 11 is 8.00. The zero-order chi connectivity index (χ0) is 7.11. The van der Waals surface area contributed by atoms with E-state index in [0.717, 1.165) is 6.54 Å². The second-order valence-corrected chi connectivity index (χ2v) is 3.44. The lowest BCUT2D eigenvalue weighted by Gasteiger charge is -2.04. The molecule has 0 saturated carbocycles. The van der Waals surface area contributed by atoms with Crippen LogP contribution >= 0.6 is 25.6 Å². The van der Waals surface area contributed by atoms with E-state index in [0.29, 0.717) is 0 Å². The first-order valence-corrected chi connectivity index (χ1v) is 4.22. The molecule has 0 unspecified atom stereocenters. The smallest absolute Gasteiger partial charge is 0.0197 e. The van der Waals surface area contributed by atoms with E-state index < -0.39 is 0 Å². The molecule has 56 valence electrons. The van der Waals surface area contributed by atoms with Crippen LogP contribution in [-0.2, 0) is 0 Å². The third-order valence-electron chi connectivity index (χ3n) is 1.21. The molecule has 3 heteroatoms. The highest BCUT2D eigenvalue weighted by Crippen LogP contribution is 2.03. The Morgan fingerprint density at radius 1 is 1.11 bits per heavy atom. The van der Waals surface area contributed by atoms with Crippen molar-refractivity contribution in [3.8, 4) is 0 Å². The van der Waals surface area contributed by atoms with Gasteiger partial charge in [-0.25, -0.2) is 3.71 Å². The normalized spacial score (nSPS) is 10.7. The van der Waals surface area contributed by atoms with Gasteiger partial charge >= 0.3 is 0 Å². The lowest BCUT2D eigenvalue weighted by molar-refractivity contribution is 0.611. The van der Waals surface area contributed by atoms with E-state index in [2.05, 4.69) is 32.6 Å². The van der Waals surface area contributed by atoms with Gasteiger partial charge in [-0.1, -0.05) is 51.8 Å². The average molecular weight is 165 g/mol. The van der Waals surface area contributed by atoms with Crippen LogP contribution in [0.5, 0.6) is 0 Å². The van der Waals surface area contributed by atoms with Crippen molar-refractivity contribution >= 4 is 25.6 Å². The Bertz CT molecular complexity index is 57.0. The molecular formula is C6H15NS2. The SMILES string of the molecule is CCCCCCN(S)S. The molecule has 0 aliphatic carbocycles. The third-order valence-corrected chi connectivity index (χ3v) is 1.61. The Labute approximate surface area is 68.9 Å². The van der Waals surface area contributed by atoms with Crippen molar-refractivity contribution in [2.24, 2.45) is 0 Å². The molecule has 0 bridgehead atoms. The van der Waals surface area contributed by atoms with Crippen molar-refractivity contribution in [3.05, 3.63) is 0 Å². The molecule has 9 heavy (non-hydrogen) atoms. The zero-order valence-electron chi connectivity index (χ0n) is 5.88. The molecule has 0 fully saturated rings. The summed E-state index contributed by atoms with van der Waals surface area (Å²) in [5, 5.41) is 0. The molecular weight excluding hydrogens is 150 g/mol. The highest BCUT2D eigenvalue weighted by Gasteiger charge is 1.90. The molecule has 0 saturated heterocycles. The summed E-state index contributed by atoms with van der Waals surface area (Å²) in [6.45, 7) is 3.19. The summed E-state index contributed by atoms with van der Waals surface area (Å²) in [6, 6.07) is 0. The van der Waals surface area contributed by atoms with Crippen molar-refractivity contribution in [2.45, 2.75) is 32.6 Å². The van der Waals surface area contributed by atoms with Crippen LogP contribution in [0.2, 0.25) is 0 Å². The molecule has 0 aromatic heterocycles. The van der Waals surface area contributed by atoms with E-state index in [1.807, 2.05) is 0 Å². The minimum atomic E-state index is 0.978. The molecule has 0 aromatic carbocycles. The monoisotopic (exact) mass is 165 g/mol. The molecule has 0 N–H and O–H groups in total. The Kier molecular flexibility index (Phi) is 7.27. The van der Waals surface area contributed by atoms with E-state index in [4.69, 9.17) is 0 Å². The van der Waals surface area contributed by atoms with Crippen molar-refractivity contribution in [1.82, 2.24) is 3.71 Å². The molecule has 0 aliphatic rings. The summed E-state index contributed by atoms with van der Waals surface area (Å²) in [6.07, 6.45) is 5.13. The second-order valence-electron chi connectivity index (χ2n) is 2.16. The van der Waals surface area contributed by atoms with E-state index in [9.17, 15) is 0 Å². The summed E-state index contributed by atoms with van der Waals surface area (Å²) in [5.74, 6) is 0. The fraction of sp³-hybridized carbons (Fsp3) is 1.00. The van der Waals surface area contributed by atoms with Crippen molar-refractivity contribution in [1.29, 1.82) is 0 Å². The van der Waals surface area contributed by atoms with Crippen LogP contribution in [0.1, 0.15) is 32.6 Å². The summed E-state index contributed by atoms with van der Waals surface area (Å²) in [5.41, 5.74) is 0. The number of unbranched alkanes of at least 4 members (excludes halogenated alkanes) is 3. The number of hydrogen-bond acceptors (Lipinski definition) is 3. The lowest BCUT2D eigenvalue weighted by atomic mass is 10.2. The van der Waals surface area contributed by atoms with Crippen LogP contribution in [0.3, 0.4) is 0 Å². The van der Waals surface area contributed by atoms with Gasteiger partial charge in [0.2, 0.25) is 0 Å². The molecule has 0 amide bonds. The first kappa shape index (κ1) is 9.66. The number of rotatable bonds is 5. The quantitative estimate of drug-likeness (QED) is 0.468. The summed E-state index contributed by atoms with van der Waals surface area (Å²) < 4.78 is 1.63. The van der Waals surface area contributed by atoms with Gasteiger partial charge in [0.25, 0.3) is 0 Å². The molecule has 0 spiro atoms. The Morgan fingerprint density at radius 3 is 2.22 bits per heavy atom. The van der Waals surface area contributed by atoms with Gasteiger partial charge in [-0.2, -0.15) is 0 Å². The number of hydrogen-bond donors (Lipinski definition) is 2. The molecule has 0 aliphatic heterocycles. The van der Waals surface area contributed by atoms with Crippen molar-refractivity contribution < 1.29 is 0 Å². The van der Waals surface area contributed by atoms with E-state index >= 15 is 0 Å². The highest BCUT2D eigenvalue weighted by molar-refractivity contribution is 7.93. The van der Waals surface area contributed by atoms with E-state index in [-0.39, 0.29) is 0 Å². The average Bonchev–Trinajstić information content (AvgIpc) is 1.80. The minimum absolute atomic E-state index is 0.978. The van der Waals surface area contributed by atoms with Crippen LogP contribution < -0.4 is 0 Å². The Morgan fingerprint density at radius 2 is 1.78 bits per heavy atom. The van der Waals surface area contributed by atoms with Gasteiger partial charge < -0.3 is 0 Å². The van der Waals surface area contributed by atoms with Crippen molar-refractivity contribution in [3.63, 3.8) is 0 Å². The van der Waals surface area contributed by atoms with E-state index in [1.54, 1.807) is 3.71 Å². The largest absolute Gasteiger partial charge is 0.200 e. The van der Waals surface area contributed by atoms with Crippen LogP contribution in [-0.4, -0.2) is 10.3 Å². The number of thiol groups is 2. The fourth-order valence-electron chi connectivity index (χ4n) is 0.680. The van der Waals surface area contributed by atoms with Crippen LogP contribution in [0.15, 0.2) is 0 Å². The maximum Gasteiger partial charge on any atom is 0.0197 e. The molecule has 0 aromatic rings. The van der Waals surface area contributed by atoms with Gasteiger partial charge in [0.1, 0.15) is 0 Å². The van der Waals surface area contributed by atoms with Gasteiger partial charge in [0.05, 0.1) is 0 Å². The molecule has 0 atom stereocenters.